The molecule has 0 aromatic heterocycles. The fourth-order valence-electron chi connectivity index (χ4n) is 1.52. The third kappa shape index (κ3) is 4.69. The van der Waals surface area contributed by atoms with Crippen molar-refractivity contribution in [3.63, 3.8) is 0 Å². The predicted molar refractivity (Wildman–Crippen MR) is 78.7 cm³/mol. The molecule has 0 bridgehead atoms. The minimum absolute atomic E-state index is 0.0237. The first-order valence-corrected chi connectivity index (χ1v) is 8.05. The van der Waals surface area contributed by atoms with Crippen LogP contribution in [0.25, 0.3) is 0 Å². The summed E-state index contributed by atoms with van der Waals surface area (Å²) < 4.78 is 28.7. The van der Waals surface area contributed by atoms with Gasteiger partial charge >= 0.3 is 0 Å². The van der Waals surface area contributed by atoms with Crippen molar-refractivity contribution < 1.29 is 13.5 Å². The molecule has 1 aliphatic rings. The third-order valence-electron chi connectivity index (χ3n) is 2.58. The molecule has 0 spiro atoms. The average Bonchev–Trinajstić information content (AvgIpc) is 3.14. The van der Waals surface area contributed by atoms with Gasteiger partial charge in [0.25, 0.3) is 10.2 Å². The largest absolute Gasteiger partial charge is 0.395 e. The highest BCUT2D eigenvalue weighted by atomic mass is 35.5. The third-order valence-corrected chi connectivity index (χ3v) is 3.95. The minimum atomic E-state index is -3.62. The van der Waals surface area contributed by atoms with Crippen LogP contribution in [0.1, 0.15) is 24.8 Å². The Bertz CT molecular complexity index is 645. The van der Waals surface area contributed by atoms with E-state index in [1.165, 1.54) is 6.07 Å². The van der Waals surface area contributed by atoms with Crippen molar-refractivity contribution in [3.8, 4) is 11.8 Å². The highest BCUT2D eigenvalue weighted by Crippen LogP contribution is 2.23. The van der Waals surface area contributed by atoms with E-state index in [9.17, 15) is 8.42 Å². The summed E-state index contributed by atoms with van der Waals surface area (Å²) in [5.74, 6) is 5.56. The van der Waals surface area contributed by atoms with Gasteiger partial charge in [0, 0.05) is 23.0 Å². The van der Waals surface area contributed by atoms with E-state index < -0.39 is 10.2 Å². The quantitative estimate of drug-likeness (QED) is 0.720. The second-order valence-corrected chi connectivity index (χ2v) is 6.35. The van der Waals surface area contributed by atoms with Gasteiger partial charge in [-0.1, -0.05) is 23.4 Å². The molecule has 1 saturated carbocycles. The number of anilines is 1. The number of aliphatic hydroxyl groups excluding tert-OH is 1. The number of benzene rings is 1. The molecular weight excluding hydrogens is 300 g/mol. The van der Waals surface area contributed by atoms with Gasteiger partial charge in [-0.05, 0) is 31.0 Å². The Hall–Kier alpha value is -1.26. The van der Waals surface area contributed by atoms with Gasteiger partial charge in [0.1, 0.15) is 0 Å². The molecule has 0 radical (unpaired) electrons. The normalized spacial score (nSPS) is 14.5. The van der Waals surface area contributed by atoms with Crippen molar-refractivity contribution in [2.45, 2.75) is 25.3 Å². The Kier molecular flexibility index (Phi) is 4.89. The van der Waals surface area contributed by atoms with Crippen LogP contribution in [0.3, 0.4) is 0 Å². The molecule has 5 nitrogen and oxygen atoms in total. The number of hydrogen-bond donors (Lipinski definition) is 3. The van der Waals surface area contributed by atoms with Crippen LogP contribution in [0, 0.1) is 11.8 Å². The van der Waals surface area contributed by atoms with E-state index in [4.69, 9.17) is 16.7 Å². The Balaban J connectivity index is 2.20. The van der Waals surface area contributed by atoms with Crippen LogP contribution in [0.15, 0.2) is 18.2 Å². The van der Waals surface area contributed by atoms with Crippen LogP contribution in [-0.2, 0) is 10.2 Å². The molecule has 7 heteroatoms. The van der Waals surface area contributed by atoms with Crippen LogP contribution in [-0.4, -0.2) is 26.2 Å². The van der Waals surface area contributed by atoms with Crippen molar-refractivity contribution in [2.75, 3.05) is 11.3 Å². The van der Waals surface area contributed by atoms with Gasteiger partial charge in [-0.3, -0.25) is 4.72 Å². The van der Waals surface area contributed by atoms with Crippen molar-refractivity contribution in [2.24, 2.45) is 0 Å². The lowest BCUT2D eigenvalue weighted by Crippen LogP contribution is -2.32. The smallest absolute Gasteiger partial charge is 0.299 e. The Morgan fingerprint density at radius 2 is 2.15 bits per heavy atom. The molecule has 0 atom stereocenters. The van der Waals surface area contributed by atoms with Crippen LogP contribution in [0.5, 0.6) is 0 Å². The summed E-state index contributed by atoms with van der Waals surface area (Å²) in [6.07, 6.45) is 2.05. The van der Waals surface area contributed by atoms with E-state index in [1.807, 2.05) is 0 Å². The number of hydrogen-bond acceptors (Lipinski definition) is 3. The fraction of sp³-hybridized carbons (Fsp3) is 0.385. The lowest BCUT2D eigenvalue weighted by Gasteiger charge is -2.10. The van der Waals surface area contributed by atoms with E-state index in [0.717, 1.165) is 12.8 Å². The summed E-state index contributed by atoms with van der Waals surface area (Å²) in [6.45, 7) is -0.0368. The van der Waals surface area contributed by atoms with Crippen molar-refractivity contribution in [1.29, 1.82) is 0 Å². The molecule has 1 aromatic rings. The van der Waals surface area contributed by atoms with Gasteiger partial charge in [-0.25, -0.2) is 0 Å². The van der Waals surface area contributed by atoms with E-state index in [2.05, 4.69) is 21.3 Å². The van der Waals surface area contributed by atoms with E-state index >= 15 is 0 Å². The van der Waals surface area contributed by atoms with Crippen LogP contribution < -0.4 is 9.44 Å². The zero-order valence-corrected chi connectivity index (χ0v) is 12.3. The molecule has 2 rings (SSSR count). The SMILES string of the molecule is O=S(=O)(Nc1cc(Cl)ccc1C#CCCO)NC1CC1. The summed E-state index contributed by atoms with van der Waals surface area (Å²) in [6, 6.07) is 4.81. The highest BCUT2D eigenvalue weighted by molar-refractivity contribution is 7.90. The van der Waals surface area contributed by atoms with Crippen molar-refractivity contribution >= 4 is 27.5 Å². The molecule has 1 aromatic carbocycles. The summed E-state index contributed by atoms with van der Waals surface area (Å²) in [7, 11) is -3.62. The standard InChI is InChI=1S/C13H15ClN2O3S/c14-11-5-4-10(3-1-2-8-17)13(9-11)16-20(18,19)15-12-6-7-12/h4-5,9,12,15-17H,2,6-8H2. The van der Waals surface area contributed by atoms with Crippen LogP contribution in [0.2, 0.25) is 5.02 Å². The first-order valence-electron chi connectivity index (χ1n) is 6.19. The maximum absolute atomic E-state index is 11.9. The van der Waals surface area contributed by atoms with Gasteiger partial charge < -0.3 is 5.11 Å². The van der Waals surface area contributed by atoms with E-state index in [0.29, 0.717) is 22.7 Å². The molecule has 0 unspecified atom stereocenters. The molecule has 108 valence electrons. The molecule has 0 amide bonds. The average molecular weight is 315 g/mol. The summed E-state index contributed by atoms with van der Waals surface area (Å²) in [4.78, 5) is 0. The number of rotatable bonds is 5. The first kappa shape index (κ1) is 15.1. The number of halogens is 1. The van der Waals surface area contributed by atoms with Gasteiger partial charge in [0.15, 0.2) is 0 Å². The number of nitrogens with one attached hydrogen (secondary N) is 2. The summed E-state index contributed by atoms with van der Waals surface area (Å²) in [5, 5.41) is 9.12. The molecule has 3 N–H and O–H groups in total. The molecule has 0 heterocycles. The zero-order valence-electron chi connectivity index (χ0n) is 10.7. The van der Waals surface area contributed by atoms with Gasteiger partial charge in [0.2, 0.25) is 0 Å². The maximum atomic E-state index is 11.9. The topological polar surface area (TPSA) is 78.4 Å². The van der Waals surface area contributed by atoms with Crippen LogP contribution in [0.4, 0.5) is 5.69 Å². The first-order chi connectivity index (χ1) is 9.50. The molecular formula is C13H15ClN2O3S. The second kappa shape index (κ2) is 6.46. The van der Waals surface area contributed by atoms with Gasteiger partial charge in [0.05, 0.1) is 12.3 Å². The lowest BCUT2D eigenvalue weighted by atomic mass is 10.2. The highest BCUT2D eigenvalue weighted by Gasteiger charge is 2.27. The zero-order chi connectivity index (χ0) is 14.6. The Morgan fingerprint density at radius 1 is 1.40 bits per heavy atom. The Morgan fingerprint density at radius 3 is 2.80 bits per heavy atom. The molecule has 20 heavy (non-hydrogen) atoms. The lowest BCUT2D eigenvalue weighted by molar-refractivity contribution is 0.305. The molecule has 0 aliphatic heterocycles. The second-order valence-electron chi connectivity index (χ2n) is 4.46. The molecule has 1 aliphatic carbocycles. The molecule has 0 saturated heterocycles. The Labute approximate surface area is 123 Å². The monoisotopic (exact) mass is 314 g/mol. The van der Waals surface area contributed by atoms with E-state index in [-0.39, 0.29) is 12.6 Å². The van der Waals surface area contributed by atoms with Crippen LogP contribution >= 0.6 is 11.6 Å². The predicted octanol–water partition coefficient (Wildman–Crippen LogP) is 1.48. The van der Waals surface area contributed by atoms with Crippen molar-refractivity contribution in [1.82, 2.24) is 4.72 Å². The van der Waals surface area contributed by atoms with Gasteiger partial charge in [-0.2, -0.15) is 13.1 Å². The number of aliphatic hydroxyl groups is 1. The summed E-state index contributed by atoms with van der Waals surface area (Å²) >= 11 is 5.88. The fourth-order valence-corrected chi connectivity index (χ4v) is 2.88. The minimum Gasteiger partial charge on any atom is -0.395 e. The van der Waals surface area contributed by atoms with Gasteiger partial charge in [-0.15, -0.1) is 0 Å². The maximum Gasteiger partial charge on any atom is 0.299 e. The molecule has 1 fully saturated rings. The summed E-state index contributed by atoms with van der Waals surface area (Å²) in [5.41, 5.74) is 0.847. The van der Waals surface area contributed by atoms with Crippen molar-refractivity contribution in [3.05, 3.63) is 28.8 Å². The van der Waals surface area contributed by atoms with E-state index in [1.54, 1.807) is 12.1 Å².